The zero-order chi connectivity index (χ0) is 14.8. The molecule has 0 unspecified atom stereocenters. The molecular formula is C13H34N2O3Si. The summed E-state index contributed by atoms with van der Waals surface area (Å²) in [4.78, 5) is 0. The van der Waals surface area contributed by atoms with Crippen LogP contribution in [0.2, 0.25) is 0 Å². The third kappa shape index (κ3) is 20.5. The molecule has 3 N–H and O–H groups in total. The average Bonchev–Trinajstić information content (AvgIpc) is 2.40. The molecule has 19 heavy (non-hydrogen) atoms. The normalized spacial score (nSPS) is 10.4. The second-order valence-corrected chi connectivity index (χ2v) is 5.54. The van der Waals surface area contributed by atoms with Crippen molar-refractivity contribution in [2.75, 3.05) is 40.0 Å². The second kappa shape index (κ2) is 20.3. The van der Waals surface area contributed by atoms with E-state index in [4.69, 9.17) is 19.0 Å². The summed E-state index contributed by atoms with van der Waals surface area (Å²) in [6.45, 7) is 9.85. The molecule has 0 aliphatic heterocycles. The van der Waals surface area contributed by atoms with Crippen LogP contribution in [-0.4, -0.2) is 49.5 Å². The first-order valence-corrected chi connectivity index (χ1v) is 8.87. The zero-order valence-electron chi connectivity index (χ0n) is 13.2. The van der Waals surface area contributed by atoms with Gasteiger partial charge in [-0.15, -0.1) is 0 Å². The van der Waals surface area contributed by atoms with E-state index in [1.54, 1.807) is 0 Å². The second-order valence-electron chi connectivity index (χ2n) is 3.96. The van der Waals surface area contributed by atoms with Crippen molar-refractivity contribution >= 4 is 9.53 Å². The third-order valence-electron chi connectivity index (χ3n) is 2.29. The highest BCUT2D eigenvalue weighted by molar-refractivity contribution is 6.36. The summed E-state index contributed by atoms with van der Waals surface area (Å²) in [5.74, 6) is 0. The fourth-order valence-corrected chi connectivity index (χ4v) is 2.46. The Bertz CT molecular complexity index is 134. The van der Waals surface area contributed by atoms with Gasteiger partial charge in [0.25, 0.3) is 0 Å². The highest BCUT2D eigenvalue weighted by atomic mass is 28.3. The first-order valence-electron chi connectivity index (χ1n) is 7.46. The lowest BCUT2D eigenvalue weighted by molar-refractivity contribution is 0.107. The van der Waals surface area contributed by atoms with Crippen LogP contribution in [0.25, 0.3) is 0 Å². The number of nitrogens with one attached hydrogen (secondary N) is 1. The highest BCUT2D eigenvalue weighted by Crippen LogP contribution is 1.96. The lowest BCUT2D eigenvalue weighted by atomic mass is 10.2. The molecule has 0 aromatic rings. The van der Waals surface area contributed by atoms with Crippen LogP contribution in [0.15, 0.2) is 0 Å². The van der Waals surface area contributed by atoms with Crippen LogP contribution in [0, 0.1) is 0 Å². The van der Waals surface area contributed by atoms with Crippen molar-refractivity contribution in [2.24, 2.45) is 5.73 Å². The number of nitrogens with two attached hydrogens (primary N) is 1. The van der Waals surface area contributed by atoms with E-state index in [-0.39, 0.29) is 0 Å². The quantitative estimate of drug-likeness (QED) is 0.422. The van der Waals surface area contributed by atoms with Gasteiger partial charge in [-0.1, -0.05) is 12.8 Å². The first kappa shape index (κ1) is 21.3. The maximum atomic E-state index is 5.33. The summed E-state index contributed by atoms with van der Waals surface area (Å²) in [6.07, 6.45) is 5.08. The van der Waals surface area contributed by atoms with Gasteiger partial charge in [-0.25, -0.2) is 0 Å². The maximum absolute atomic E-state index is 5.33. The molecule has 0 amide bonds. The molecule has 0 saturated carbocycles. The predicted molar refractivity (Wildman–Crippen MR) is 83.5 cm³/mol. The van der Waals surface area contributed by atoms with Crippen molar-refractivity contribution in [1.29, 1.82) is 0 Å². The molecule has 0 heterocycles. The summed E-state index contributed by atoms with van der Waals surface area (Å²) in [5.41, 5.74) is 5.33. The molecule has 6 heteroatoms. The number of hydrogen-bond acceptors (Lipinski definition) is 5. The molecule has 5 nitrogen and oxygen atoms in total. The van der Waals surface area contributed by atoms with Gasteiger partial charge >= 0.3 is 9.53 Å². The van der Waals surface area contributed by atoms with Gasteiger partial charge in [0.1, 0.15) is 0 Å². The van der Waals surface area contributed by atoms with Crippen LogP contribution in [0.3, 0.4) is 0 Å². The minimum atomic E-state index is -1.73. The van der Waals surface area contributed by atoms with E-state index in [0.29, 0.717) is 19.8 Å². The molecular weight excluding hydrogens is 260 g/mol. The van der Waals surface area contributed by atoms with E-state index < -0.39 is 9.53 Å². The molecule has 0 aliphatic rings. The minimum Gasteiger partial charge on any atom is -0.376 e. The molecule has 0 fully saturated rings. The Kier molecular flexibility index (Phi) is 22.8. The van der Waals surface area contributed by atoms with E-state index in [2.05, 4.69) is 5.32 Å². The minimum absolute atomic E-state index is 0.677. The molecule has 118 valence electrons. The van der Waals surface area contributed by atoms with Crippen molar-refractivity contribution in [1.82, 2.24) is 5.32 Å². The molecule has 0 rings (SSSR count). The van der Waals surface area contributed by atoms with Crippen LogP contribution in [0.4, 0.5) is 0 Å². The third-order valence-corrected chi connectivity index (χ3v) is 4.11. The van der Waals surface area contributed by atoms with Crippen molar-refractivity contribution in [3.05, 3.63) is 0 Å². The van der Waals surface area contributed by atoms with Gasteiger partial charge in [0.2, 0.25) is 0 Å². The summed E-state index contributed by atoms with van der Waals surface area (Å²) in [7, 11) is 0.255. The predicted octanol–water partition coefficient (Wildman–Crippen LogP) is 1.54. The van der Waals surface area contributed by atoms with Crippen LogP contribution in [0.5, 0.6) is 0 Å². The van der Waals surface area contributed by atoms with Gasteiger partial charge in [-0.2, -0.15) is 0 Å². The van der Waals surface area contributed by atoms with E-state index >= 15 is 0 Å². The van der Waals surface area contributed by atoms with Crippen LogP contribution < -0.4 is 11.1 Å². The largest absolute Gasteiger partial charge is 0.484 e. The van der Waals surface area contributed by atoms with Gasteiger partial charge in [-0.3, -0.25) is 0 Å². The van der Waals surface area contributed by atoms with Gasteiger partial charge in [0.15, 0.2) is 0 Å². The summed E-state index contributed by atoms with van der Waals surface area (Å²) >= 11 is 0. The van der Waals surface area contributed by atoms with E-state index in [0.717, 1.165) is 13.1 Å². The standard InChI is InChI=1S/C7H18N2.C6H16O3Si/c1-9-7-5-3-2-4-6-8;1-4-7-10(8-5-2)9-6-3/h9H,2-8H2,1H3;10H,4-6H2,1-3H3. The SMILES string of the molecule is CCO[SiH](OCC)OCC.CNCCCCCCN. The summed E-state index contributed by atoms with van der Waals surface area (Å²) < 4.78 is 15.7. The van der Waals surface area contributed by atoms with Crippen molar-refractivity contribution in [3.8, 4) is 0 Å². The van der Waals surface area contributed by atoms with Crippen molar-refractivity contribution in [2.45, 2.75) is 46.5 Å². The lowest BCUT2D eigenvalue weighted by Crippen LogP contribution is -2.27. The molecule has 0 aliphatic carbocycles. The molecule has 0 saturated heterocycles. The fourth-order valence-electron chi connectivity index (χ4n) is 1.35. The van der Waals surface area contributed by atoms with Crippen LogP contribution in [0.1, 0.15) is 46.5 Å². The Balaban J connectivity index is 0. The van der Waals surface area contributed by atoms with Gasteiger partial charge in [0.05, 0.1) is 0 Å². The number of unbranched alkanes of at least 4 members (excludes halogenated alkanes) is 3. The van der Waals surface area contributed by atoms with E-state index in [1.165, 1.54) is 25.7 Å². The molecule has 0 bridgehead atoms. The fraction of sp³-hybridized carbons (Fsp3) is 1.00. The Morgan fingerprint density at radius 3 is 1.68 bits per heavy atom. The summed E-state index contributed by atoms with van der Waals surface area (Å²) in [6, 6.07) is 0. The van der Waals surface area contributed by atoms with E-state index in [9.17, 15) is 0 Å². The van der Waals surface area contributed by atoms with Gasteiger partial charge in [0, 0.05) is 19.8 Å². The van der Waals surface area contributed by atoms with Gasteiger partial charge in [-0.05, 0) is 53.8 Å². The Hall–Kier alpha value is 0.0169. The molecule has 0 aromatic carbocycles. The summed E-state index contributed by atoms with van der Waals surface area (Å²) in [5, 5.41) is 3.11. The Morgan fingerprint density at radius 2 is 1.32 bits per heavy atom. The number of rotatable bonds is 12. The molecule has 0 atom stereocenters. The highest BCUT2D eigenvalue weighted by Gasteiger charge is 2.11. The molecule has 0 aromatic heterocycles. The zero-order valence-corrected chi connectivity index (χ0v) is 14.4. The monoisotopic (exact) mass is 294 g/mol. The van der Waals surface area contributed by atoms with Crippen molar-refractivity contribution < 1.29 is 13.3 Å². The van der Waals surface area contributed by atoms with Crippen molar-refractivity contribution in [3.63, 3.8) is 0 Å². The first-order chi connectivity index (χ1) is 9.26. The average molecular weight is 295 g/mol. The maximum Gasteiger partial charge on any atom is 0.484 e. The topological polar surface area (TPSA) is 65.7 Å². The molecule has 0 spiro atoms. The lowest BCUT2D eigenvalue weighted by Gasteiger charge is -2.12. The van der Waals surface area contributed by atoms with Crippen LogP contribution >= 0.6 is 0 Å². The Labute approximate surface area is 121 Å². The van der Waals surface area contributed by atoms with E-state index in [1.807, 2.05) is 27.8 Å². The molecule has 0 radical (unpaired) electrons. The van der Waals surface area contributed by atoms with Crippen LogP contribution in [-0.2, 0) is 13.3 Å². The smallest absolute Gasteiger partial charge is 0.376 e. The Morgan fingerprint density at radius 1 is 0.842 bits per heavy atom. The number of hydrogen-bond donors (Lipinski definition) is 2. The van der Waals surface area contributed by atoms with Gasteiger partial charge < -0.3 is 24.3 Å².